The molecule has 1 heterocycles. The maximum absolute atomic E-state index is 13.0. The summed E-state index contributed by atoms with van der Waals surface area (Å²) >= 11 is 0. The average molecular weight is 329 g/mol. The van der Waals surface area contributed by atoms with E-state index in [2.05, 4.69) is 11.4 Å². The molecule has 0 aliphatic carbocycles. The van der Waals surface area contributed by atoms with Gasteiger partial charge in [-0.25, -0.2) is 4.39 Å². The fourth-order valence-electron chi connectivity index (χ4n) is 2.83. The highest BCUT2D eigenvalue weighted by molar-refractivity contribution is 5.77. The molecular formula is C19H20FNO3. The van der Waals surface area contributed by atoms with Crippen LogP contribution in [0.4, 0.5) is 4.39 Å². The van der Waals surface area contributed by atoms with Gasteiger partial charge in [-0.1, -0.05) is 18.2 Å². The molecule has 4 nitrogen and oxygen atoms in total. The Labute approximate surface area is 140 Å². The lowest BCUT2D eigenvalue weighted by molar-refractivity contribution is -0.133. The van der Waals surface area contributed by atoms with Gasteiger partial charge in [0.25, 0.3) is 0 Å². The molecule has 2 aromatic rings. The number of carbonyl (C=O) groups excluding carboxylic acids is 1. The minimum atomic E-state index is -0.227. The van der Waals surface area contributed by atoms with Crippen LogP contribution < -0.4 is 10.1 Å². The predicted octanol–water partition coefficient (Wildman–Crippen LogP) is 2.81. The van der Waals surface area contributed by atoms with Gasteiger partial charge in [0.1, 0.15) is 24.3 Å². The van der Waals surface area contributed by atoms with Crippen molar-refractivity contribution in [1.29, 1.82) is 0 Å². The normalized spacial score (nSPS) is 17.4. The number of rotatable bonds is 5. The molecule has 126 valence electrons. The van der Waals surface area contributed by atoms with Crippen LogP contribution in [0.25, 0.3) is 0 Å². The summed E-state index contributed by atoms with van der Waals surface area (Å²) in [5.74, 6) is 0.506. The summed E-state index contributed by atoms with van der Waals surface area (Å²) in [7, 11) is 1.65. The van der Waals surface area contributed by atoms with Crippen LogP contribution in [0.2, 0.25) is 0 Å². The number of morpholine rings is 1. The number of methoxy groups -OCH3 is 1. The van der Waals surface area contributed by atoms with Gasteiger partial charge in [0.2, 0.25) is 5.91 Å². The van der Waals surface area contributed by atoms with E-state index in [1.54, 1.807) is 19.2 Å². The molecule has 1 N–H and O–H groups in total. The lowest BCUT2D eigenvalue weighted by atomic mass is 9.99. The van der Waals surface area contributed by atoms with Crippen molar-refractivity contribution in [3.63, 3.8) is 0 Å². The number of amides is 1. The second-order valence-electron chi connectivity index (χ2n) is 5.80. The van der Waals surface area contributed by atoms with Crippen molar-refractivity contribution >= 4 is 5.91 Å². The number of hydrogen-bond donors (Lipinski definition) is 1. The smallest absolute Gasteiger partial charge is 0.246 e. The number of aryl methyl sites for hydroxylation is 2. The molecule has 0 saturated carbocycles. The Balaban J connectivity index is 1.74. The van der Waals surface area contributed by atoms with Crippen LogP contribution in [0, 0.1) is 5.82 Å². The van der Waals surface area contributed by atoms with Gasteiger partial charge >= 0.3 is 0 Å². The first-order valence-electron chi connectivity index (χ1n) is 7.95. The molecule has 0 spiro atoms. The van der Waals surface area contributed by atoms with Crippen LogP contribution in [0.3, 0.4) is 0 Å². The van der Waals surface area contributed by atoms with E-state index in [0.717, 1.165) is 35.3 Å². The van der Waals surface area contributed by atoms with Gasteiger partial charge in [0.15, 0.2) is 0 Å². The molecule has 0 bridgehead atoms. The molecule has 1 saturated heterocycles. The maximum Gasteiger partial charge on any atom is 0.246 e. The second-order valence-corrected chi connectivity index (χ2v) is 5.80. The summed E-state index contributed by atoms with van der Waals surface area (Å²) in [6.45, 7) is 0.560. The third-order valence-electron chi connectivity index (χ3n) is 4.17. The fraction of sp³-hybridized carbons (Fsp3) is 0.316. The zero-order chi connectivity index (χ0) is 16.9. The van der Waals surface area contributed by atoms with Crippen LogP contribution in [0.5, 0.6) is 5.75 Å². The van der Waals surface area contributed by atoms with Gasteiger partial charge < -0.3 is 14.8 Å². The Bertz CT molecular complexity index is 705. The molecule has 1 fully saturated rings. The van der Waals surface area contributed by atoms with Gasteiger partial charge in [-0.05, 0) is 53.8 Å². The standard InChI is InChI=1S/C19H20FNO3/c1-23-17-9-6-15(18-11-21-19(22)12-24-18)10-14(17)5-2-13-3-7-16(20)8-4-13/h3-4,6-10,18H,2,5,11-12H2,1H3,(H,21,22). The Morgan fingerprint density at radius 2 is 2.00 bits per heavy atom. The average Bonchev–Trinajstić information content (AvgIpc) is 2.61. The van der Waals surface area contributed by atoms with Crippen molar-refractivity contribution in [2.45, 2.75) is 18.9 Å². The summed E-state index contributed by atoms with van der Waals surface area (Å²) < 4.78 is 24.0. The fourth-order valence-corrected chi connectivity index (χ4v) is 2.83. The van der Waals surface area contributed by atoms with Gasteiger partial charge in [-0.2, -0.15) is 0 Å². The summed E-state index contributed by atoms with van der Waals surface area (Å²) in [5, 5.41) is 2.81. The second kappa shape index (κ2) is 7.45. The molecule has 5 heteroatoms. The van der Waals surface area contributed by atoms with E-state index in [1.165, 1.54) is 12.1 Å². The van der Waals surface area contributed by atoms with Crippen molar-refractivity contribution in [2.24, 2.45) is 0 Å². The molecule has 2 aromatic carbocycles. The molecule has 1 atom stereocenters. The topological polar surface area (TPSA) is 47.6 Å². The Kier molecular flexibility index (Phi) is 5.11. The van der Waals surface area contributed by atoms with Crippen LogP contribution >= 0.6 is 0 Å². The van der Waals surface area contributed by atoms with Gasteiger partial charge in [-0.3, -0.25) is 4.79 Å². The van der Waals surface area contributed by atoms with Crippen LogP contribution in [0.15, 0.2) is 42.5 Å². The monoisotopic (exact) mass is 329 g/mol. The maximum atomic E-state index is 13.0. The summed E-state index contributed by atoms with van der Waals surface area (Å²) in [6, 6.07) is 12.5. The van der Waals surface area contributed by atoms with E-state index in [9.17, 15) is 9.18 Å². The molecule has 1 amide bonds. The largest absolute Gasteiger partial charge is 0.496 e. The lowest BCUT2D eigenvalue weighted by Gasteiger charge is -2.24. The van der Waals surface area contributed by atoms with Crippen LogP contribution in [-0.4, -0.2) is 26.2 Å². The van der Waals surface area contributed by atoms with Gasteiger partial charge in [0.05, 0.1) is 7.11 Å². The van der Waals surface area contributed by atoms with Crippen molar-refractivity contribution in [2.75, 3.05) is 20.3 Å². The Morgan fingerprint density at radius 1 is 1.21 bits per heavy atom. The first kappa shape index (κ1) is 16.5. The molecule has 1 aliphatic rings. The molecule has 24 heavy (non-hydrogen) atoms. The number of ether oxygens (including phenoxy) is 2. The van der Waals surface area contributed by atoms with Crippen molar-refractivity contribution < 1.29 is 18.7 Å². The van der Waals surface area contributed by atoms with Crippen molar-refractivity contribution in [1.82, 2.24) is 5.32 Å². The van der Waals surface area contributed by atoms with E-state index in [1.807, 2.05) is 12.1 Å². The van der Waals surface area contributed by atoms with E-state index in [0.29, 0.717) is 6.54 Å². The molecule has 1 unspecified atom stereocenters. The van der Waals surface area contributed by atoms with Crippen LogP contribution in [0.1, 0.15) is 22.8 Å². The summed E-state index contributed by atoms with van der Waals surface area (Å²) in [5.41, 5.74) is 3.16. The highest BCUT2D eigenvalue weighted by Crippen LogP contribution is 2.27. The molecular weight excluding hydrogens is 309 g/mol. The predicted molar refractivity (Wildman–Crippen MR) is 88.5 cm³/mol. The number of carbonyl (C=O) groups is 1. The van der Waals surface area contributed by atoms with Gasteiger partial charge in [0, 0.05) is 6.54 Å². The minimum Gasteiger partial charge on any atom is -0.496 e. The first-order valence-corrected chi connectivity index (χ1v) is 7.95. The molecule has 3 rings (SSSR count). The first-order chi connectivity index (χ1) is 11.7. The number of hydrogen-bond acceptors (Lipinski definition) is 3. The molecule has 0 aromatic heterocycles. The quantitative estimate of drug-likeness (QED) is 0.917. The highest BCUT2D eigenvalue weighted by atomic mass is 19.1. The van der Waals surface area contributed by atoms with E-state index >= 15 is 0 Å². The van der Waals surface area contributed by atoms with Crippen molar-refractivity contribution in [3.05, 3.63) is 65.0 Å². The zero-order valence-corrected chi connectivity index (χ0v) is 13.5. The Morgan fingerprint density at radius 3 is 2.67 bits per heavy atom. The minimum absolute atomic E-state index is 0.0849. The summed E-state index contributed by atoms with van der Waals surface area (Å²) in [4.78, 5) is 11.2. The van der Waals surface area contributed by atoms with E-state index in [4.69, 9.17) is 9.47 Å². The SMILES string of the molecule is COc1ccc(C2CNC(=O)CO2)cc1CCc1ccc(F)cc1. The summed E-state index contributed by atoms with van der Waals surface area (Å²) in [6.07, 6.45) is 1.43. The number of nitrogens with one attached hydrogen (secondary N) is 1. The molecule has 0 radical (unpaired) electrons. The van der Waals surface area contributed by atoms with E-state index < -0.39 is 0 Å². The lowest BCUT2D eigenvalue weighted by Crippen LogP contribution is -2.38. The third kappa shape index (κ3) is 3.92. The van der Waals surface area contributed by atoms with E-state index in [-0.39, 0.29) is 24.4 Å². The Hall–Kier alpha value is -2.40. The number of halogens is 1. The van der Waals surface area contributed by atoms with Crippen LogP contribution in [-0.2, 0) is 22.4 Å². The van der Waals surface area contributed by atoms with Gasteiger partial charge in [-0.15, -0.1) is 0 Å². The third-order valence-corrected chi connectivity index (χ3v) is 4.17. The zero-order valence-electron chi connectivity index (χ0n) is 13.5. The highest BCUT2D eigenvalue weighted by Gasteiger charge is 2.21. The number of benzene rings is 2. The van der Waals surface area contributed by atoms with Crippen molar-refractivity contribution in [3.8, 4) is 5.75 Å². The molecule has 1 aliphatic heterocycles.